The molecule has 0 aliphatic carbocycles. The number of aryl methyl sites for hydroxylation is 1. The van der Waals surface area contributed by atoms with E-state index in [2.05, 4.69) is 9.05 Å². The third-order valence-corrected chi connectivity index (χ3v) is 4.35. The minimum absolute atomic E-state index is 0.186. The largest absolute Gasteiger partial charge is 0.469 e. The normalized spacial score (nSPS) is 24.6. The predicted molar refractivity (Wildman–Crippen MR) is 79.5 cm³/mol. The zero-order valence-electron chi connectivity index (χ0n) is 12.7. The van der Waals surface area contributed by atoms with Crippen LogP contribution in [0.25, 0.3) is 0 Å². The highest BCUT2D eigenvalue weighted by Crippen LogP contribution is 2.44. The first-order valence-electron chi connectivity index (χ1n) is 6.77. The molecule has 1 saturated heterocycles. The molecule has 142 valence electrons. The fraction of sp³-hybridized carbons (Fsp3) is 0.600. The summed E-state index contributed by atoms with van der Waals surface area (Å²) in [5.74, 6) is 0. The molecule has 1 aliphatic rings. The first-order chi connectivity index (χ1) is 11.4. The van der Waals surface area contributed by atoms with Gasteiger partial charge in [0.25, 0.3) is 5.56 Å². The Morgan fingerprint density at radius 2 is 1.92 bits per heavy atom. The molecule has 1 aromatic heterocycles. The number of ether oxygens (including phenoxy) is 1. The molecule has 1 aromatic rings. The summed E-state index contributed by atoms with van der Waals surface area (Å²) >= 11 is 0. The fourth-order valence-electron chi connectivity index (χ4n) is 2.28. The SMILES string of the molecule is Cc1cn([C@H]2C[C@@H](OP(=O)(O)O)[C@H](COP(=O)(O)O)O2)c(=O)[nH]c1=O. The number of hydrogen-bond donors (Lipinski definition) is 5. The lowest BCUT2D eigenvalue weighted by molar-refractivity contribution is -0.0444. The van der Waals surface area contributed by atoms with Gasteiger partial charge in [-0.1, -0.05) is 0 Å². The van der Waals surface area contributed by atoms with E-state index in [4.69, 9.17) is 24.3 Å². The van der Waals surface area contributed by atoms with Gasteiger partial charge in [0.1, 0.15) is 18.4 Å². The lowest BCUT2D eigenvalue weighted by Gasteiger charge is -2.19. The van der Waals surface area contributed by atoms with Gasteiger partial charge in [-0.2, -0.15) is 0 Å². The van der Waals surface area contributed by atoms with Gasteiger partial charge in [0.05, 0.1) is 6.61 Å². The molecule has 0 bridgehead atoms. The van der Waals surface area contributed by atoms with E-state index < -0.39 is 51.9 Å². The van der Waals surface area contributed by atoms with Crippen LogP contribution >= 0.6 is 15.6 Å². The van der Waals surface area contributed by atoms with E-state index in [1.165, 1.54) is 13.1 Å². The number of phosphoric acid groups is 2. The third-order valence-electron chi connectivity index (χ3n) is 3.32. The van der Waals surface area contributed by atoms with Crippen LogP contribution in [0.2, 0.25) is 0 Å². The van der Waals surface area contributed by atoms with E-state index >= 15 is 0 Å². The van der Waals surface area contributed by atoms with Gasteiger partial charge in [0.15, 0.2) is 0 Å². The van der Waals surface area contributed by atoms with Crippen LogP contribution < -0.4 is 11.2 Å². The summed E-state index contributed by atoms with van der Waals surface area (Å²) in [4.78, 5) is 60.7. The fourth-order valence-corrected chi connectivity index (χ4v) is 3.19. The van der Waals surface area contributed by atoms with Crippen molar-refractivity contribution in [3.05, 3.63) is 32.6 Å². The Labute approximate surface area is 139 Å². The molecular weight excluding hydrogens is 386 g/mol. The third kappa shape index (κ3) is 5.68. The van der Waals surface area contributed by atoms with E-state index in [-0.39, 0.29) is 12.0 Å². The van der Waals surface area contributed by atoms with Gasteiger partial charge in [-0.15, -0.1) is 0 Å². The Hall–Kier alpha value is -1.14. The Morgan fingerprint density at radius 3 is 2.48 bits per heavy atom. The van der Waals surface area contributed by atoms with Crippen LogP contribution in [0.1, 0.15) is 18.2 Å². The van der Waals surface area contributed by atoms with Crippen molar-refractivity contribution in [1.29, 1.82) is 0 Å². The molecule has 5 N–H and O–H groups in total. The van der Waals surface area contributed by atoms with E-state index in [0.717, 1.165) is 4.57 Å². The molecule has 1 aliphatic heterocycles. The van der Waals surface area contributed by atoms with Crippen molar-refractivity contribution >= 4 is 15.6 Å². The number of aromatic amines is 1. The second kappa shape index (κ2) is 7.23. The summed E-state index contributed by atoms with van der Waals surface area (Å²) < 4.78 is 37.0. The van der Waals surface area contributed by atoms with Crippen LogP contribution in [0.4, 0.5) is 0 Å². The zero-order valence-corrected chi connectivity index (χ0v) is 14.5. The Balaban J connectivity index is 2.26. The number of hydrogen-bond acceptors (Lipinski definition) is 7. The van der Waals surface area contributed by atoms with Crippen molar-refractivity contribution in [2.45, 2.75) is 31.8 Å². The van der Waals surface area contributed by atoms with Crippen LogP contribution in [0.15, 0.2) is 15.8 Å². The molecule has 0 unspecified atom stereocenters. The van der Waals surface area contributed by atoms with Crippen LogP contribution in [-0.4, -0.2) is 47.9 Å². The lowest BCUT2D eigenvalue weighted by Crippen LogP contribution is -2.33. The van der Waals surface area contributed by atoms with Crippen LogP contribution in [0.5, 0.6) is 0 Å². The first kappa shape index (κ1) is 20.2. The molecule has 2 rings (SSSR count). The number of nitrogens with one attached hydrogen (secondary N) is 1. The maximum Gasteiger partial charge on any atom is 0.469 e. The maximum absolute atomic E-state index is 11.9. The molecule has 13 nitrogen and oxygen atoms in total. The second-order valence-corrected chi connectivity index (χ2v) is 7.70. The highest BCUT2D eigenvalue weighted by atomic mass is 31.2. The monoisotopic (exact) mass is 402 g/mol. The smallest absolute Gasteiger partial charge is 0.349 e. The topological polar surface area (TPSA) is 198 Å². The van der Waals surface area contributed by atoms with Crippen LogP contribution in [0.3, 0.4) is 0 Å². The summed E-state index contributed by atoms with van der Waals surface area (Å²) in [6.07, 6.45) is -2.72. The minimum atomic E-state index is -4.94. The summed E-state index contributed by atoms with van der Waals surface area (Å²) in [5, 5.41) is 0. The molecule has 3 atom stereocenters. The van der Waals surface area contributed by atoms with Crippen molar-refractivity contribution in [1.82, 2.24) is 9.55 Å². The number of H-pyrrole nitrogens is 1. The molecule has 0 aromatic carbocycles. The van der Waals surface area contributed by atoms with Crippen molar-refractivity contribution in [3.63, 3.8) is 0 Å². The molecule has 0 amide bonds. The number of nitrogens with zero attached hydrogens (tertiary/aromatic N) is 1. The molecule has 0 spiro atoms. The Bertz CT molecular complexity index is 836. The van der Waals surface area contributed by atoms with Crippen LogP contribution in [0, 0.1) is 6.92 Å². The number of rotatable bonds is 6. The van der Waals surface area contributed by atoms with E-state index in [9.17, 15) is 18.7 Å². The highest BCUT2D eigenvalue weighted by molar-refractivity contribution is 7.46. The molecule has 25 heavy (non-hydrogen) atoms. The van der Waals surface area contributed by atoms with Gasteiger partial charge in [-0.05, 0) is 6.92 Å². The molecule has 0 radical (unpaired) electrons. The minimum Gasteiger partial charge on any atom is -0.349 e. The van der Waals surface area contributed by atoms with Crippen molar-refractivity contribution in [2.24, 2.45) is 0 Å². The number of phosphoric ester groups is 2. The van der Waals surface area contributed by atoms with Gasteiger partial charge in [-0.25, -0.2) is 13.9 Å². The van der Waals surface area contributed by atoms with Gasteiger partial charge in [0, 0.05) is 18.2 Å². The predicted octanol–water partition coefficient (Wildman–Crippen LogP) is -1.28. The van der Waals surface area contributed by atoms with Gasteiger partial charge in [0.2, 0.25) is 0 Å². The Morgan fingerprint density at radius 1 is 1.28 bits per heavy atom. The summed E-state index contributed by atoms with van der Waals surface area (Å²) in [6, 6.07) is 0. The van der Waals surface area contributed by atoms with Gasteiger partial charge in [-0.3, -0.25) is 23.4 Å². The van der Waals surface area contributed by atoms with Crippen LogP contribution in [-0.2, 0) is 22.9 Å². The van der Waals surface area contributed by atoms with E-state index in [1.54, 1.807) is 0 Å². The highest BCUT2D eigenvalue weighted by Gasteiger charge is 2.42. The van der Waals surface area contributed by atoms with Gasteiger partial charge >= 0.3 is 21.3 Å². The van der Waals surface area contributed by atoms with Gasteiger partial charge < -0.3 is 24.3 Å². The molecule has 15 heteroatoms. The van der Waals surface area contributed by atoms with Crippen molar-refractivity contribution < 1.29 is 42.5 Å². The summed E-state index contributed by atoms with van der Waals surface area (Å²) in [7, 11) is -9.80. The second-order valence-electron chi connectivity index (χ2n) is 5.26. The summed E-state index contributed by atoms with van der Waals surface area (Å²) in [6.45, 7) is 0.699. The number of aromatic nitrogens is 2. The first-order valence-corrected chi connectivity index (χ1v) is 9.83. The van der Waals surface area contributed by atoms with Crippen molar-refractivity contribution in [2.75, 3.05) is 6.61 Å². The Kier molecular flexibility index (Phi) is 5.84. The van der Waals surface area contributed by atoms with E-state index in [0.29, 0.717) is 0 Å². The lowest BCUT2D eigenvalue weighted by atomic mass is 10.2. The maximum atomic E-state index is 11.9. The molecular formula is C10H16N2O11P2. The summed E-state index contributed by atoms with van der Waals surface area (Å²) in [5.41, 5.74) is -1.25. The molecule has 1 fully saturated rings. The quantitative estimate of drug-likeness (QED) is 0.355. The molecule has 2 heterocycles. The standard InChI is InChI=1S/C10H16N2O11P2/c1-5-3-12(10(14)11-9(5)13)8-2-6(23-25(18,19)20)7(22-8)4-21-24(15,16)17/h3,6-8H,2,4H2,1H3,(H,11,13,14)(H2,15,16,17)(H2,18,19,20)/t6-,7+,8-/m1/s1. The molecule has 0 saturated carbocycles. The van der Waals surface area contributed by atoms with E-state index in [1.807, 2.05) is 4.98 Å². The average Bonchev–Trinajstić information content (AvgIpc) is 2.80. The average molecular weight is 402 g/mol. The van der Waals surface area contributed by atoms with Crippen molar-refractivity contribution in [3.8, 4) is 0 Å². The zero-order chi connectivity index (χ0) is 19.0.